The number of fused-ring (bicyclic) bond motifs is 3. The second-order valence-electron chi connectivity index (χ2n) is 8.81. The Labute approximate surface area is 204 Å². The molecule has 1 fully saturated rings. The SMILES string of the molecule is CC1(C(=O)O)CN(C(=O)CCOCCNC(=O)OCC2c3ccccc3-c3ccccc32)CCO1. The molecule has 2 amide bonds. The number of carbonyl (C=O) groups is 3. The zero-order chi connectivity index (χ0) is 24.8. The maximum atomic E-state index is 12.3. The highest BCUT2D eigenvalue weighted by atomic mass is 16.5. The van der Waals surface area contributed by atoms with Gasteiger partial charge in [0.15, 0.2) is 5.60 Å². The van der Waals surface area contributed by atoms with Gasteiger partial charge < -0.3 is 29.5 Å². The van der Waals surface area contributed by atoms with Crippen LogP contribution in [0.5, 0.6) is 0 Å². The molecule has 1 atom stereocenters. The third-order valence-corrected chi connectivity index (χ3v) is 6.40. The summed E-state index contributed by atoms with van der Waals surface area (Å²) in [6, 6.07) is 16.3. The largest absolute Gasteiger partial charge is 0.479 e. The van der Waals surface area contributed by atoms with E-state index in [1.807, 2.05) is 24.3 Å². The summed E-state index contributed by atoms with van der Waals surface area (Å²) in [4.78, 5) is 37.3. The van der Waals surface area contributed by atoms with E-state index in [0.29, 0.717) is 6.54 Å². The average Bonchev–Trinajstić information content (AvgIpc) is 3.18. The topological polar surface area (TPSA) is 114 Å². The molecule has 0 aromatic heterocycles. The van der Waals surface area contributed by atoms with Crippen LogP contribution in [0.2, 0.25) is 0 Å². The van der Waals surface area contributed by atoms with Crippen LogP contribution in [-0.2, 0) is 23.8 Å². The molecule has 2 N–H and O–H groups in total. The summed E-state index contributed by atoms with van der Waals surface area (Å²) >= 11 is 0. The molecule has 9 heteroatoms. The third-order valence-electron chi connectivity index (χ3n) is 6.40. The van der Waals surface area contributed by atoms with E-state index >= 15 is 0 Å². The number of carboxylic acid groups (broad SMARTS) is 1. The minimum atomic E-state index is -1.39. The molecule has 0 bridgehead atoms. The zero-order valence-corrected chi connectivity index (χ0v) is 19.7. The van der Waals surface area contributed by atoms with E-state index in [9.17, 15) is 19.5 Å². The number of morpholine rings is 1. The molecule has 0 saturated carbocycles. The molecule has 1 heterocycles. The third kappa shape index (κ3) is 5.63. The molecule has 9 nitrogen and oxygen atoms in total. The van der Waals surface area contributed by atoms with Crippen molar-refractivity contribution in [2.24, 2.45) is 0 Å². The maximum absolute atomic E-state index is 12.3. The molecule has 4 rings (SSSR count). The Morgan fingerprint density at radius 2 is 1.74 bits per heavy atom. The molecular formula is C26H30N2O7. The lowest BCUT2D eigenvalue weighted by atomic mass is 9.98. The van der Waals surface area contributed by atoms with Crippen molar-refractivity contribution < 1.29 is 33.7 Å². The number of rotatable bonds is 9. The second kappa shape index (κ2) is 10.9. The van der Waals surface area contributed by atoms with Crippen molar-refractivity contribution in [3.8, 4) is 11.1 Å². The fraction of sp³-hybridized carbons (Fsp3) is 0.423. The highest BCUT2D eigenvalue weighted by Gasteiger charge is 2.40. The molecule has 1 aliphatic carbocycles. The predicted molar refractivity (Wildman–Crippen MR) is 127 cm³/mol. The van der Waals surface area contributed by atoms with Gasteiger partial charge in [-0.25, -0.2) is 9.59 Å². The van der Waals surface area contributed by atoms with E-state index in [4.69, 9.17) is 14.2 Å². The number of hydrogen-bond donors (Lipinski definition) is 2. The van der Waals surface area contributed by atoms with E-state index < -0.39 is 17.7 Å². The number of ether oxygens (including phenoxy) is 3. The molecule has 0 radical (unpaired) electrons. The molecular weight excluding hydrogens is 452 g/mol. The van der Waals surface area contributed by atoms with Crippen LogP contribution < -0.4 is 5.32 Å². The number of alkyl carbamates (subject to hydrolysis) is 1. The second-order valence-corrected chi connectivity index (χ2v) is 8.81. The van der Waals surface area contributed by atoms with E-state index in [1.54, 1.807) is 0 Å². The number of carboxylic acids is 1. The predicted octanol–water partition coefficient (Wildman–Crippen LogP) is 2.63. The van der Waals surface area contributed by atoms with Crippen LogP contribution in [0.15, 0.2) is 48.5 Å². The van der Waals surface area contributed by atoms with Gasteiger partial charge in [-0.1, -0.05) is 48.5 Å². The number of nitrogens with one attached hydrogen (secondary N) is 1. The van der Waals surface area contributed by atoms with Gasteiger partial charge >= 0.3 is 12.1 Å². The molecule has 0 spiro atoms. The monoisotopic (exact) mass is 482 g/mol. The number of nitrogens with zero attached hydrogens (tertiary/aromatic N) is 1. The van der Waals surface area contributed by atoms with Gasteiger partial charge in [0, 0.05) is 19.0 Å². The standard InChI is InChI=1S/C26H30N2O7/c1-26(24(30)31)17-28(12-15-35-26)23(29)10-13-33-14-11-27-25(32)34-16-22-20-8-4-2-6-18(20)19-7-3-5-9-21(19)22/h2-9,22H,10-17H2,1H3,(H,27,32)(H,30,31). The van der Waals surface area contributed by atoms with E-state index in [-0.39, 0.29) is 57.8 Å². The van der Waals surface area contributed by atoms with Crippen LogP contribution in [0.3, 0.4) is 0 Å². The van der Waals surface area contributed by atoms with Gasteiger partial charge in [0.25, 0.3) is 0 Å². The van der Waals surface area contributed by atoms with Gasteiger partial charge in [-0.05, 0) is 29.2 Å². The first kappa shape index (κ1) is 24.7. The molecule has 2 aromatic rings. The van der Waals surface area contributed by atoms with Crippen molar-refractivity contribution in [2.45, 2.75) is 24.9 Å². The summed E-state index contributed by atoms with van der Waals surface area (Å²) in [6.07, 6.45) is -0.395. The molecule has 186 valence electrons. The Balaban J connectivity index is 1.14. The Morgan fingerprint density at radius 3 is 2.40 bits per heavy atom. The fourth-order valence-electron chi connectivity index (χ4n) is 4.51. The van der Waals surface area contributed by atoms with Crippen molar-refractivity contribution in [3.05, 3.63) is 59.7 Å². The Kier molecular flexibility index (Phi) is 7.67. The first-order chi connectivity index (χ1) is 16.9. The van der Waals surface area contributed by atoms with Crippen LogP contribution in [0.1, 0.15) is 30.4 Å². The van der Waals surface area contributed by atoms with Crippen LogP contribution in [0.25, 0.3) is 11.1 Å². The van der Waals surface area contributed by atoms with Gasteiger partial charge in [-0.15, -0.1) is 0 Å². The number of amides is 2. The Bertz CT molecular complexity index is 1040. The number of hydrogen-bond acceptors (Lipinski definition) is 6. The molecule has 1 unspecified atom stereocenters. The van der Waals surface area contributed by atoms with Crippen molar-refractivity contribution in [3.63, 3.8) is 0 Å². The van der Waals surface area contributed by atoms with E-state index in [2.05, 4.69) is 29.6 Å². The Hall–Kier alpha value is -3.43. The minimum Gasteiger partial charge on any atom is -0.479 e. The van der Waals surface area contributed by atoms with Crippen molar-refractivity contribution in [1.29, 1.82) is 0 Å². The molecule has 35 heavy (non-hydrogen) atoms. The van der Waals surface area contributed by atoms with E-state index in [1.165, 1.54) is 23.0 Å². The van der Waals surface area contributed by atoms with Crippen LogP contribution in [0, 0.1) is 0 Å². The summed E-state index contributed by atoms with van der Waals surface area (Å²) in [5.74, 6) is -1.28. The normalized spacial score (nSPS) is 19.1. The van der Waals surface area contributed by atoms with Gasteiger partial charge in [0.05, 0.1) is 32.8 Å². The lowest BCUT2D eigenvalue weighted by Crippen LogP contribution is -2.56. The van der Waals surface area contributed by atoms with Gasteiger partial charge in [0.1, 0.15) is 6.61 Å². The number of aliphatic carboxylic acids is 1. The number of benzene rings is 2. The summed E-state index contributed by atoms with van der Waals surface area (Å²) in [5, 5.41) is 11.9. The molecule has 1 saturated heterocycles. The first-order valence-electron chi connectivity index (χ1n) is 11.7. The zero-order valence-electron chi connectivity index (χ0n) is 19.7. The average molecular weight is 483 g/mol. The lowest BCUT2D eigenvalue weighted by molar-refractivity contribution is -0.177. The lowest BCUT2D eigenvalue weighted by Gasteiger charge is -2.37. The van der Waals surface area contributed by atoms with Crippen molar-refractivity contribution in [1.82, 2.24) is 10.2 Å². The minimum absolute atomic E-state index is 0.00131. The van der Waals surface area contributed by atoms with Gasteiger partial charge in [-0.3, -0.25) is 4.79 Å². The van der Waals surface area contributed by atoms with Crippen LogP contribution in [-0.4, -0.2) is 79.6 Å². The van der Waals surface area contributed by atoms with Gasteiger partial charge in [0.2, 0.25) is 5.91 Å². The Morgan fingerprint density at radius 1 is 1.09 bits per heavy atom. The van der Waals surface area contributed by atoms with Gasteiger partial charge in [-0.2, -0.15) is 0 Å². The quantitative estimate of drug-likeness (QED) is 0.528. The smallest absolute Gasteiger partial charge is 0.407 e. The summed E-state index contributed by atoms with van der Waals surface area (Å²) in [6.45, 7) is 2.89. The number of carbonyl (C=O) groups excluding carboxylic acids is 2. The van der Waals surface area contributed by atoms with Crippen molar-refractivity contribution >= 4 is 18.0 Å². The highest BCUT2D eigenvalue weighted by molar-refractivity contribution is 5.81. The molecule has 2 aliphatic rings. The summed E-state index contributed by atoms with van der Waals surface area (Å²) in [5.41, 5.74) is 3.26. The highest BCUT2D eigenvalue weighted by Crippen LogP contribution is 2.44. The van der Waals surface area contributed by atoms with Crippen LogP contribution in [0.4, 0.5) is 4.79 Å². The molecule has 1 aliphatic heterocycles. The fourth-order valence-corrected chi connectivity index (χ4v) is 4.51. The first-order valence-corrected chi connectivity index (χ1v) is 11.7. The maximum Gasteiger partial charge on any atom is 0.407 e. The molecule has 2 aromatic carbocycles. The van der Waals surface area contributed by atoms with Crippen LogP contribution >= 0.6 is 0 Å². The van der Waals surface area contributed by atoms with Crippen molar-refractivity contribution in [2.75, 3.05) is 46.1 Å². The summed E-state index contributed by atoms with van der Waals surface area (Å²) in [7, 11) is 0. The summed E-state index contributed by atoms with van der Waals surface area (Å²) < 4.78 is 16.2. The van der Waals surface area contributed by atoms with E-state index in [0.717, 1.165) is 11.1 Å².